The molecule has 2 saturated heterocycles. The molecular weight excluding hydrogens is 294 g/mol. The zero-order valence-electron chi connectivity index (χ0n) is 12.7. The lowest BCUT2D eigenvalue weighted by Crippen LogP contribution is -2.44. The summed E-state index contributed by atoms with van der Waals surface area (Å²) in [5, 5.41) is 4.03. The molecule has 2 aliphatic rings. The van der Waals surface area contributed by atoms with Gasteiger partial charge in [-0.15, -0.1) is 0 Å². The maximum absolute atomic E-state index is 12.7. The fourth-order valence-corrected chi connectivity index (χ4v) is 3.39. The van der Waals surface area contributed by atoms with Crippen LogP contribution in [0.15, 0.2) is 30.5 Å². The summed E-state index contributed by atoms with van der Waals surface area (Å²) in [5.41, 5.74) is 2.03. The Hall–Kier alpha value is -2.34. The van der Waals surface area contributed by atoms with Gasteiger partial charge >= 0.3 is 0 Å². The van der Waals surface area contributed by atoms with Gasteiger partial charge in [0.2, 0.25) is 11.8 Å². The van der Waals surface area contributed by atoms with Crippen molar-refractivity contribution in [3.63, 3.8) is 0 Å². The predicted molar refractivity (Wildman–Crippen MR) is 84.8 cm³/mol. The molecule has 0 unspecified atom stereocenters. The number of nitrogens with one attached hydrogen (secondary N) is 2. The Morgan fingerprint density at radius 1 is 1.26 bits per heavy atom. The molecule has 2 amide bonds. The van der Waals surface area contributed by atoms with Gasteiger partial charge in [0.05, 0.1) is 31.6 Å². The lowest BCUT2D eigenvalue weighted by Gasteiger charge is -2.27. The van der Waals surface area contributed by atoms with E-state index in [1.807, 2.05) is 30.5 Å². The van der Waals surface area contributed by atoms with Crippen LogP contribution in [0.3, 0.4) is 0 Å². The van der Waals surface area contributed by atoms with Gasteiger partial charge in [-0.2, -0.15) is 0 Å². The van der Waals surface area contributed by atoms with Crippen molar-refractivity contribution in [1.29, 1.82) is 0 Å². The van der Waals surface area contributed by atoms with Gasteiger partial charge in [-0.05, 0) is 11.6 Å². The third-order valence-electron chi connectivity index (χ3n) is 4.61. The molecule has 2 atom stereocenters. The molecule has 1 aromatic carbocycles. The van der Waals surface area contributed by atoms with Crippen LogP contribution in [0.2, 0.25) is 0 Å². The van der Waals surface area contributed by atoms with E-state index in [2.05, 4.69) is 10.3 Å². The van der Waals surface area contributed by atoms with Crippen molar-refractivity contribution < 1.29 is 14.3 Å². The van der Waals surface area contributed by atoms with Crippen LogP contribution in [0.4, 0.5) is 0 Å². The Labute approximate surface area is 133 Å². The number of ether oxygens (including phenoxy) is 1. The lowest BCUT2D eigenvalue weighted by atomic mass is 10.1. The lowest BCUT2D eigenvalue weighted by molar-refractivity contribution is -0.132. The number of carbonyl (C=O) groups excluding carboxylic acids is 2. The van der Waals surface area contributed by atoms with Crippen LogP contribution < -0.4 is 5.32 Å². The van der Waals surface area contributed by atoms with E-state index < -0.39 is 0 Å². The van der Waals surface area contributed by atoms with Crippen LogP contribution in [-0.4, -0.2) is 54.0 Å². The topological polar surface area (TPSA) is 74.4 Å². The highest BCUT2D eigenvalue weighted by Gasteiger charge is 2.35. The molecular formula is C17H19N3O3. The maximum atomic E-state index is 12.7. The summed E-state index contributed by atoms with van der Waals surface area (Å²) in [6, 6.07) is 7.85. The highest BCUT2D eigenvalue weighted by Crippen LogP contribution is 2.20. The van der Waals surface area contributed by atoms with Crippen molar-refractivity contribution >= 4 is 22.7 Å². The van der Waals surface area contributed by atoms with Crippen LogP contribution in [0.1, 0.15) is 5.56 Å². The first kappa shape index (κ1) is 14.3. The molecule has 2 fully saturated rings. The van der Waals surface area contributed by atoms with Gasteiger partial charge in [0.25, 0.3) is 0 Å². The number of aromatic nitrogens is 1. The van der Waals surface area contributed by atoms with E-state index in [0.29, 0.717) is 32.7 Å². The summed E-state index contributed by atoms with van der Waals surface area (Å²) in [7, 11) is 0. The molecule has 1 aromatic heterocycles. The smallest absolute Gasteiger partial charge is 0.227 e. The van der Waals surface area contributed by atoms with E-state index in [9.17, 15) is 9.59 Å². The summed E-state index contributed by atoms with van der Waals surface area (Å²) in [4.78, 5) is 29.8. The van der Waals surface area contributed by atoms with Crippen molar-refractivity contribution in [2.75, 3.05) is 26.3 Å². The Balaban J connectivity index is 1.54. The molecule has 0 saturated carbocycles. The van der Waals surface area contributed by atoms with Crippen molar-refractivity contribution in [1.82, 2.24) is 15.2 Å². The Kier molecular flexibility index (Phi) is 3.53. The Morgan fingerprint density at radius 2 is 2.13 bits per heavy atom. The largest absolute Gasteiger partial charge is 0.378 e. The summed E-state index contributed by atoms with van der Waals surface area (Å²) in [6.07, 6.45) is 2.24. The molecule has 2 aromatic rings. The number of hydrogen-bond acceptors (Lipinski definition) is 3. The molecule has 4 rings (SSSR count). The van der Waals surface area contributed by atoms with Crippen molar-refractivity contribution in [2.45, 2.75) is 12.5 Å². The normalized spacial score (nSPS) is 24.3. The van der Waals surface area contributed by atoms with Gasteiger partial charge in [0, 0.05) is 30.2 Å². The number of H-pyrrole nitrogens is 1. The number of amides is 2. The van der Waals surface area contributed by atoms with E-state index in [1.54, 1.807) is 4.90 Å². The standard InChI is InChI=1S/C17H19N3O3/c21-16(5-11-6-18-15-4-2-1-3-14(11)15)20-7-12-9-23-10-13(8-20)19-17(12)22/h1-4,6,12-13,18H,5,7-10H2,(H,19,22)/t12-,13+/m1/s1. The van der Waals surface area contributed by atoms with Crippen molar-refractivity contribution in [3.05, 3.63) is 36.0 Å². The van der Waals surface area contributed by atoms with Crippen LogP contribution in [-0.2, 0) is 20.7 Å². The van der Waals surface area contributed by atoms with Crippen molar-refractivity contribution in [2.24, 2.45) is 5.92 Å². The first-order valence-corrected chi connectivity index (χ1v) is 7.91. The average Bonchev–Trinajstić information content (AvgIpc) is 2.74. The first-order valence-electron chi connectivity index (χ1n) is 7.91. The zero-order chi connectivity index (χ0) is 15.8. The van der Waals surface area contributed by atoms with Gasteiger partial charge in [0.1, 0.15) is 0 Å². The molecule has 6 nitrogen and oxygen atoms in total. The fourth-order valence-electron chi connectivity index (χ4n) is 3.39. The molecule has 120 valence electrons. The second-order valence-corrected chi connectivity index (χ2v) is 6.27. The predicted octanol–water partition coefficient (Wildman–Crippen LogP) is 0.684. The molecule has 0 radical (unpaired) electrons. The van der Waals surface area contributed by atoms with E-state index >= 15 is 0 Å². The van der Waals surface area contributed by atoms with Crippen LogP contribution >= 0.6 is 0 Å². The number of hydrogen-bond donors (Lipinski definition) is 2. The summed E-state index contributed by atoms with van der Waals surface area (Å²) >= 11 is 0. The highest BCUT2D eigenvalue weighted by molar-refractivity contribution is 5.89. The number of aromatic amines is 1. The second-order valence-electron chi connectivity index (χ2n) is 6.27. The summed E-state index contributed by atoms with van der Waals surface area (Å²) in [5.74, 6) is -0.215. The number of para-hydroxylation sites is 1. The molecule has 6 heteroatoms. The number of rotatable bonds is 2. The van der Waals surface area contributed by atoms with E-state index in [-0.39, 0.29) is 23.8 Å². The van der Waals surface area contributed by atoms with Crippen LogP contribution in [0, 0.1) is 5.92 Å². The number of nitrogens with zero attached hydrogens (tertiary/aromatic N) is 1. The van der Waals surface area contributed by atoms with Gasteiger partial charge in [-0.25, -0.2) is 0 Å². The van der Waals surface area contributed by atoms with Crippen LogP contribution in [0.5, 0.6) is 0 Å². The van der Waals surface area contributed by atoms with Crippen LogP contribution in [0.25, 0.3) is 10.9 Å². The molecule has 0 spiro atoms. The zero-order valence-corrected chi connectivity index (χ0v) is 12.7. The molecule has 23 heavy (non-hydrogen) atoms. The molecule has 2 bridgehead atoms. The molecule has 3 heterocycles. The average molecular weight is 313 g/mol. The van der Waals surface area contributed by atoms with Crippen molar-refractivity contribution in [3.8, 4) is 0 Å². The maximum Gasteiger partial charge on any atom is 0.227 e. The minimum Gasteiger partial charge on any atom is -0.378 e. The summed E-state index contributed by atoms with van der Waals surface area (Å²) in [6.45, 7) is 1.81. The number of carbonyl (C=O) groups is 2. The second kappa shape index (κ2) is 5.70. The van der Waals surface area contributed by atoms with Gasteiger partial charge in [0.15, 0.2) is 0 Å². The highest BCUT2D eigenvalue weighted by atomic mass is 16.5. The minimum atomic E-state index is -0.269. The quantitative estimate of drug-likeness (QED) is 0.856. The SMILES string of the molecule is O=C1N[C@@H]2COC[C@H]1CN(C(=O)Cc1c[nH]c3ccccc13)C2. The third-order valence-corrected chi connectivity index (χ3v) is 4.61. The minimum absolute atomic E-state index is 0.00473. The third kappa shape index (κ3) is 2.70. The summed E-state index contributed by atoms with van der Waals surface area (Å²) < 4.78 is 5.50. The van der Waals surface area contributed by atoms with Gasteiger partial charge in [-0.3, -0.25) is 9.59 Å². The van der Waals surface area contributed by atoms with Gasteiger partial charge in [-0.1, -0.05) is 18.2 Å². The fraction of sp³-hybridized carbons (Fsp3) is 0.412. The Morgan fingerprint density at radius 3 is 3.04 bits per heavy atom. The van der Waals surface area contributed by atoms with E-state index in [1.165, 1.54) is 0 Å². The molecule has 2 N–H and O–H groups in total. The van der Waals surface area contributed by atoms with Gasteiger partial charge < -0.3 is 19.9 Å². The molecule has 0 aliphatic carbocycles. The monoisotopic (exact) mass is 313 g/mol. The van der Waals surface area contributed by atoms with E-state index in [0.717, 1.165) is 16.5 Å². The number of fused-ring (bicyclic) bond motifs is 4. The number of benzene rings is 1. The Bertz CT molecular complexity index is 754. The van der Waals surface area contributed by atoms with E-state index in [4.69, 9.17) is 4.74 Å². The first-order chi connectivity index (χ1) is 11.2. The molecule has 2 aliphatic heterocycles.